The molecular formula is C35H32I2O7. The zero-order valence-corrected chi connectivity index (χ0v) is 28.5. The van der Waals surface area contributed by atoms with E-state index in [2.05, 4.69) is 45.2 Å². The molecule has 0 aliphatic carbocycles. The Labute approximate surface area is 284 Å². The molecule has 9 heteroatoms. The third kappa shape index (κ3) is 10.3. The zero-order valence-electron chi connectivity index (χ0n) is 24.2. The number of benzene rings is 4. The second-order valence-corrected chi connectivity index (χ2v) is 12.3. The molecule has 0 aromatic heterocycles. The van der Waals surface area contributed by atoms with E-state index in [4.69, 9.17) is 18.9 Å². The van der Waals surface area contributed by atoms with Crippen LogP contribution in [0.15, 0.2) is 97.1 Å². The summed E-state index contributed by atoms with van der Waals surface area (Å²) in [7, 11) is 0. The minimum absolute atomic E-state index is 0.284. The van der Waals surface area contributed by atoms with Gasteiger partial charge in [0.1, 0.15) is 17.6 Å². The molecule has 0 saturated heterocycles. The number of carbonyl (C=O) groups is 3. The predicted molar refractivity (Wildman–Crippen MR) is 184 cm³/mol. The van der Waals surface area contributed by atoms with Gasteiger partial charge in [0.05, 0.1) is 29.9 Å². The van der Waals surface area contributed by atoms with Crippen LogP contribution in [0, 0.1) is 7.14 Å². The van der Waals surface area contributed by atoms with E-state index < -0.39 is 11.9 Å². The molecule has 0 aliphatic rings. The van der Waals surface area contributed by atoms with Crippen LogP contribution >= 0.6 is 45.2 Å². The fraction of sp³-hybridized carbons (Fsp3) is 0.229. The fourth-order valence-corrected chi connectivity index (χ4v) is 5.22. The second kappa shape index (κ2) is 17.1. The molecule has 1 atom stereocenters. The average Bonchev–Trinajstić information content (AvgIpc) is 3.04. The molecule has 0 radical (unpaired) electrons. The summed E-state index contributed by atoms with van der Waals surface area (Å²) in [6.07, 6.45) is 3.15. The molecule has 44 heavy (non-hydrogen) atoms. The first-order valence-electron chi connectivity index (χ1n) is 14.2. The lowest BCUT2D eigenvalue weighted by molar-refractivity contribution is 0.0337. The van der Waals surface area contributed by atoms with Crippen LogP contribution in [0.4, 0.5) is 0 Å². The smallest absolute Gasteiger partial charge is 0.343 e. The Morgan fingerprint density at radius 3 is 1.95 bits per heavy atom. The van der Waals surface area contributed by atoms with Crippen LogP contribution in [0.25, 0.3) is 0 Å². The van der Waals surface area contributed by atoms with E-state index >= 15 is 0 Å². The first-order chi connectivity index (χ1) is 21.3. The van der Waals surface area contributed by atoms with E-state index in [1.165, 1.54) is 0 Å². The molecule has 0 N–H and O–H groups in total. The highest BCUT2D eigenvalue weighted by atomic mass is 127. The summed E-state index contributed by atoms with van der Waals surface area (Å²) < 4.78 is 24.1. The zero-order chi connectivity index (χ0) is 31.3. The third-order valence-electron chi connectivity index (χ3n) is 6.63. The van der Waals surface area contributed by atoms with Gasteiger partial charge in [0.2, 0.25) is 0 Å². The molecule has 0 fully saturated rings. The normalized spacial score (nSPS) is 11.3. The largest absolute Gasteiger partial charge is 0.494 e. The van der Waals surface area contributed by atoms with Gasteiger partial charge in [0.25, 0.3) is 0 Å². The lowest BCUT2D eigenvalue weighted by Gasteiger charge is -2.13. The Morgan fingerprint density at radius 2 is 1.27 bits per heavy atom. The van der Waals surface area contributed by atoms with Crippen molar-refractivity contribution >= 4 is 63.1 Å². The third-order valence-corrected chi connectivity index (χ3v) is 8.24. The van der Waals surface area contributed by atoms with Crippen molar-refractivity contribution in [3.05, 3.63) is 126 Å². The van der Waals surface area contributed by atoms with Gasteiger partial charge in [-0.15, -0.1) is 0 Å². The number of carbonyl (C=O) groups excluding carboxylic acids is 3. The maximum atomic E-state index is 12.6. The minimum Gasteiger partial charge on any atom is -0.494 e. The molecule has 7 nitrogen and oxygen atoms in total. The highest BCUT2D eigenvalue weighted by Gasteiger charge is 2.15. The Morgan fingerprint density at radius 1 is 0.659 bits per heavy atom. The molecule has 0 amide bonds. The van der Waals surface area contributed by atoms with Gasteiger partial charge in [0.15, 0.2) is 0 Å². The summed E-state index contributed by atoms with van der Waals surface area (Å²) in [6, 6.07) is 28.2. The van der Waals surface area contributed by atoms with Gasteiger partial charge >= 0.3 is 17.9 Å². The van der Waals surface area contributed by atoms with E-state index in [0.717, 1.165) is 38.4 Å². The first-order valence-corrected chi connectivity index (χ1v) is 16.4. The monoisotopic (exact) mass is 818 g/mol. The Kier molecular flexibility index (Phi) is 13.0. The Hall–Kier alpha value is -3.45. The van der Waals surface area contributed by atoms with Crippen LogP contribution < -0.4 is 9.47 Å². The molecule has 228 valence electrons. The van der Waals surface area contributed by atoms with Crippen molar-refractivity contribution in [1.29, 1.82) is 0 Å². The van der Waals surface area contributed by atoms with Gasteiger partial charge in [-0.25, -0.2) is 14.4 Å². The van der Waals surface area contributed by atoms with E-state index in [1.807, 2.05) is 55.5 Å². The van der Waals surface area contributed by atoms with Gasteiger partial charge < -0.3 is 18.9 Å². The summed E-state index contributed by atoms with van der Waals surface area (Å²) in [4.78, 5) is 37.4. The molecule has 4 aromatic rings. The van der Waals surface area contributed by atoms with Crippen molar-refractivity contribution in [1.82, 2.24) is 0 Å². The topological polar surface area (TPSA) is 88.1 Å². The van der Waals surface area contributed by atoms with Gasteiger partial charge in [-0.3, -0.25) is 0 Å². The van der Waals surface area contributed by atoms with Crippen LogP contribution in [0.3, 0.4) is 0 Å². The molecule has 0 bridgehead atoms. The predicted octanol–water partition coefficient (Wildman–Crippen LogP) is 8.83. The summed E-state index contributed by atoms with van der Waals surface area (Å²) >= 11 is 4.32. The molecule has 0 unspecified atom stereocenters. The van der Waals surface area contributed by atoms with Gasteiger partial charge in [-0.1, -0.05) is 30.3 Å². The van der Waals surface area contributed by atoms with Gasteiger partial charge in [-0.05, 0) is 150 Å². The minimum atomic E-state index is -0.512. The number of hydrogen-bond donors (Lipinski definition) is 0. The SMILES string of the molecule is C[C@H](OC(=O)c1ccc(OC(=O)c2ccc(OCCCCCCOC(=O)c3cc(I)ccc3I)cc2)cc1)c1ccccc1. The first kappa shape index (κ1) is 33.4. The van der Waals surface area contributed by atoms with Crippen LogP contribution in [0.1, 0.15) is 75.3 Å². The number of ether oxygens (including phenoxy) is 4. The lowest BCUT2D eigenvalue weighted by atomic mass is 10.1. The summed E-state index contributed by atoms with van der Waals surface area (Å²) in [5, 5.41) is 0. The van der Waals surface area contributed by atoms with Crippen molar-refractivity contribution in [3.8, 4) is 11.5 Å². The second-order valence-electron chi connectivity index (χ2n) is 9.92. The number of esters is 3. The van der Waals surface area contributed by atoms with Crippen molar-refractivity contribution in [2.45, 2.75) is 38.7 Å². The molecule has 0 heterocycles. The molecule has 4 rings (SSSR count). The van der Waals surface area contributed by atoms with Gasteiger partial charge in [0, 0.05) is 7.14 Å². The maximum absolute atomic E-state index is 12.6. The maximum Gasteiger partial charge on any atom is 0.343 e. The number of unbranched alkanes of at least 4 members (excludes halogenated alkanes) is 3. The molecule has 0 saturated carbocycles. The standard InChI is InChI=1S/C35H32I2O7/c1-24(25-9-5-4-6-10-25)43-33(38)26-13-18-30(19-14-26)44-34(39)27-11-16-29(17-12-27)41-21-7-2-3-8-22-42-35(40)31-23-28(36)15-20-32(31)37/h4-6,9-20,23-24H,2-3,7-8,21-22H2,1H3/t24-/m0/s1. The van der Waals surface area contributed by atoms with Crippen LogP contribution in [0.2, 0.25) is 0 Å². The molecule has 4 aromatic carbocycles. The Bertz CT molecular complexity index is 1540. The summed E-state index contributed by atoms with van der Waals surface area (Å²) in [6.45, 7) is 2.75. The quantitative estimate of drug-likeness (QED) is 0.0544. The molecular weight excluding hydrogens is 786 g/mol. The van der Waals surface area contributed by atoms with Crippen molar-refractivity contribution in [3.63, 3.8) is 0 Å². The fourth-order valence-electron chi connectivity index (χ4n) is 4.18. The van der Waals surface area contributed by atoms with E-state index in [-0.39, 0.29) is 12.1 Å². The van der Waals surface area contributed by atoms with Crippen LogP contribution in [-0.2, 0) is 9.47 Å². The van der Waals surface area contributed by atoms with Crippen molar-refractivity contribution in [2.24, 2.45) is 0 Å². The van der Waals surface area contributed by atoms with Crippen molar-refractivity contribution in [2.75, 3.05) is 13.2 Å². The highest BCUT2D eigenvalue weighted by molar-refractivity contribution is 14.1. The van der Waals surface area contributed by atoms with E-state index in [0.29, 0.717) is 41.4 Å². The Balaban J connectivity index is 1.12. The summed E-state index contributed by atoms with van der Waals surface area (Å²) in [5.41, 5.74) is 2.26. The number of rotatable bonds is 14. The van der Waals surface area contributed by atoms with Gasteiger partial charge in [-0.2, -0.15) is 0 Å². The van der Waals surface area contributed by atoms with E-state index in [9.17, 15) is 14.4 Å². The molecule has 0 aliphatic heterocycles. The van der Waals surface area contributed by atoms with Crippen LogP contribution in [0.5, 0.6) is 11.5 Å². The molecule has 0 spiro atoms. The average molecular weight is 818 g/mol. The lowest BCUT2D eigenvalue weighted by Crippen LogP contribution is -2.10. The van der Waals surface area contributed by atoms with E-state index in [1.54, 1.807) is 48.5 Å². The number of hydrogen-bond acceptors (Lipinski definition) is 7. The number of halogens is 2. The highest BCUT2D eigenvalue weighted by Crippen LogP contribution is 2.21. The summed E-state index contributed by atoms with van der Waals surface area (Å²) in [5.74, 6) is -0.267. The van der Waals surface area contributed by atoms with Crippen molar-refractivity contribution < 1.29 is 33.3 Å². The van der Waals surface area contributed by atoms with Crippen LogP contribution in [-0.4, -0.2) is 31.1 Å².